The summed E-state index contributed by atoms with van der Waals surface area (Å²) in [5, 5.41) is 0. The van der Waals surface area contributed by atoms with E-state index in [9.17, 15) is 0 Å². The third-order valence-electron chi connectivity index (χ3n) is 3.98. The first-order valence-corrected chi connectivity index (χ1v) is 6.26. The van der Waals surface area contributed by atoms with Gasteiger partial charge in [-0.15, -0.1) is 0 Å². The maximum atomic E-state index is 2.41. The zero-order valence-corrected chi connectivity index (χ0v) is 9.68. The molecule has 0 heteroatoms. The molecular weight excluding hydrogens is 156 g/mol. The first kappa shape index (κ1) is 11.1. The molecule has 0 spiro atoms. The van der Waals surface area contributed by atoms with Crippen LogP contribution in [0.2, 0.25) is 0 Å². The van der Waals surface area contributed by atoms with Gasteiger partial charge in [-0.3, -0.25) is 0 Å². The number of hydrogen-bond donors (Lipinski definition) is 0. The summed E-state index contributed by atoms with van der Waals surface area (Å²) in [6, 6.07) is 0. The second kappa shape index (κ2) is 5.67. The van der Waals surface area contributed by atoms with Crippen LogP contribution in [0.5, 0.6) is 0 Å². The van der Waals surface area contributed by atoms with Gasteiger partial charge in [0.25, 0.3) is 0 Å². The molecule has 0 aromatic rings. The van der Waals surface area contributed by atoms with E-state index in [0.29, 0.717) is 0 Å². The van der Waals surface area contributed by atoms with Gasteiger partial charge < -0.3 is 0 Å². The Morgan fingerprint density at radius 3 is 2.00 bits per heavy atom. The Kier molecular flexibility index (Phi) is 4.83. The molecule has 0 nitrogen and oxygen atoms in total. The Labute approximate surface area is 84.1 Å². The molecule has 0 saturated heterocycles. The van der Waals surface area contributed by atoms with E-state index in [1.807, 2.05) is 0 Å². The predicted octanol–water partition coefficient (Wildman–Crippen LogP) is 4.64. The van der Waals surface area contributed by atoms with E-state index in [1.165, 1.54) is 44.9 Å². The average Bonchev–Trinajstić information content (AvgIpc) is 2.19. The summed E-state index contributed by atoms with van der Waals surface area (Å²) in [5.41, 5.74) is 0. The van der Waals surface area contributed by atoms with Gasteiger partial charge in [-0.1, -0.05) is 59.3 Å². The first-order valence-electron chi connectivity index (χ1n) is 6.26. The van der Waals surface area contributed by atoms with Crippen LogP contribution in [0.25, 0.3) is 0 Å². The molecule has 0 aromatic carbocycles. The molecule has 0 N–H and O–H groups in total. The SMILES string of the molecule is CCC(C)CC1CCC(CC)CC1. The molecule has 0 heterocycles. The summed E-state index contributed by atoms with van der Waals surface area (Å²) in [5.74, 6) is 3.09. The molecule has 1 rings (SSSR count). The molecule has 0 aromatic heterocycles. The quantitative estimate of drug-likeness (QED) is 0.594. The smallest absolute Gasteiger partial charge is 0.0412 e. The molecule has 0 radical (unpaired) electrons. The van der Waals surface area contributed by atoms with Crippen molar-refractivity contribution in [1.29, 1.82) is 0 Å². The van der Waals surface area contributed by atoms with Crippen LogP contribution in [-0.2, 0) is 0 Å². The van der Waals surface area contributed by atoms with Crippen LogP contribution in [-0.4, -0.2) is 0 Å². The van der Waals surface area contributed by atoms with Crippen LogP contribution < -0.4 is 0 Å². The Hall–Kier alpha value is 0. The second-order valence-corrected chi connectivity index (χ2v) is 5.04. The maximum absolute atomic E-state index is 2.41. The lowest BCUT2D eigenvalue weighted by molar-refractivity contribution is 0.234. The standard InChI is InChI=1S/C13H26/c1-4-11(3)10-13-8-6-12(5-2)7-9-13/h11-13H,4-10H2,1-3H3. The highest BCUT2D eigenvalue weighted by molar-refractivity contribution is 4.73. The fraction of sp³-hybridized carbons (Fsp3) is 1.00. The summed E-state index contributed by atoms with van der Waals surface area (Å²) < 4.78 is 0. The molecule has 0 aliphatic heterocycles. The van der Waals surface area contributed by atoms with Crippen molar-refractivity contribution in [2.75, 3.05) is 0 Å². The summed E-state index contributed by atoms with van der Waals surface area (Å²) in [6.45, 7) is 7.08. The van der Waals surface area contributed by atoms with Gasteiger partial charge in [-0.2, -0.15) is 0 Å². The number of rotatable bonds is 4. The minimum absolute atomic E-state index is 0.961. The molecule has 1 fully saturated rings. The molecule has 1 unspecified atom stereocenters. The summed E-state index contributed by atoms with van der Waals surface area (Å²) >= 11 is 0. The molecule has 0 amide bonds. The van der Waals surface area contributed by atoms with E-state index in [-0.39, 0.29) is 0 Å². The maximum Gasteiger partial charge on any atom is -0.0412 e. The fourth-order valence-electron chi connectivity index (χ4n) is 2.61. The molecular formula is C13H26. The lowest BCUT2D eigenvalue weighted by Crippen LogP contribution is -2.15. The highest BCUT2D eigenvalue weighted by atomic mass is 14.3. The van der Waals surface area contributed by atoms with E-state index < -0.39 is 0 Å². The average molecular weight is 182 g/mol. The van der Waals surface area contributed by atoms with E-state index >= 15 is 0 Å². The Balaban J connectivity index is 2.17. The topological polar surface area (TPSA) is 0 Å². The van der Waals surface area contributed by atoms with Crippen LogP contribution in [0.15, 0.2) is 0 Å². The largest absolute Gasteiger partial charge is 0.0651 e. The lowest BCUT2D eigenvalue weighted by atomic mass is 9.77. The Bertz CT molecular complexity index is 120. The third kappa shape index (κ3) is 3.70. The zero-order valence-electron chi connectivity index (χ0n) is 9.68. The van der Waals surface area contributed by atoms with Crippen LogP contribution >= 0.6 is 0 Å². The molecule has 1 atom stereocenters. The first-order chi connectivity index (χ1) is 6.26. The van der Waals surface area contributed by atoms with Gasteiger partial charge in [0.1, 0.15) is 0 Å². The minimum Gasteiger partial charge on any atom is -0.0651 e. The summed E-state index contributed by atoms with van der Waals surface area (Å²) in [6.07, 6.45) is 10.3. The van der Waals surface area contributed by atoms with Crippen LogP contribution in [0, 0.1) is 17.8 Å². The summed E-state index contributed by atoms with van der Waals surface area (Å²) in [7, 11) is 0. The molecule has 1 aliphatic rings. The predicted molar refractivity (Wildman–Crippen MR) is 59.8 cm³/mol. The van der Waals surface area contributed by atoms with Gasteiger partial charge in [-0.25, -0.2) is 0 Å². The van der Waals surface area contributed by atoms with Gasteiger partial charge in [0.2, 0.25) is 0 Å². The second-order valence-electron chi connectivity index (χ2n) is 5.04. The van der Waals surface area contributed by atoms with Gasteiger partial charge in [0.15, 0.2) is 0 Å². The van der Waals surface area contributed by atoms with Crippen molar-refractivity contribution in [2.24, 2.45) is 17.8 Å². The molecule has 13 heavy (non-hydrogen) atoms. The lowest BCUT2D eigenvalue weighted by Gasteiger charge is -2.29. The van der Waals surface area contributed by atoms with Crippen LogP contribution in [0.1, 0.15) is 65.7 Å². The molecule has 78 valence electrons. The Morgan fingerprint density at radius 2 is 1.54 bits per heavy atom. The minimum atomic E-state index is 0.961. The van der Waals surface area contributed by atoms with Gasteiger partial charge in [0, 0.05) is 0 Å². The normalized spacial score (nSPS) is 31.6. The van der Waals surface area contributed by atoms with Crippen molar-refractivity contribution < 1.29 is 0 Å². The molecule has 1 saturated carbocycles. The third-order valence-corrected chi connectivity index (χ3v) is 3.98. The van der Waals surface area contributed by atoms with E-state index in [2.05, 4.69) is 20.8 Å². The van der Waals surface area contributed by atoms with Crippen molar-refractivity contribution in [3.8, 4) is 0 Å². The number of hydrogen-bond acceptors (Lipinski definition) is 0. The van der Waals surface area contributed by atoms with Crippen molar-refractivity contribution >= 4 is 0 Å². The Morgan fingerprint density at radius 1 is 1.00 bits per heavy atom. The van der Waals surface area contributed by atoms with Gasteiger partial charge >= 0.3 is 0 Å². The van der Waals surface area contributed by atoms with Crippen molar-refractivity contribution in [3.63, 3.8) is 0 Å². The van der Waals surface area contributed by atoms with E-state index in [4.69, 9.17) is 0 Å². The summed E-state index contributed by atoms with van der Waals surface area (Å²) in [4.78, 5) is 0. The monoisotopic (exact) mass is 182 g/mol. The van der Waals surface area contributed by atoms with E-state index in [1.54, 1.807) is 0 Å². The van der Waals surface area contributed by atoms with E-state index in [0.717, 1.165) is 17.8 Å². The highest BCUT2D eigenvalue weighted by Gasteiger charge is 2.20. The fourth-order valence-corrected chi connectivity index (χ4v) is 2.61. The van der Waals surface area contributed by atoms with Crippen molar-refractivity contribution in [3.05, 3.63) is 0 Å². The van der Waals surface area contributed by atoms with Crippen LogP contribution in [0.3, 0.4) is 0 Å². The molecule has 0 bridgehead atoms. The zero-order chi connectivity index (χ0) is 9.68. The van der Waals surface area contributed by atoms with Gasteiger partial charge in [-0.05, 0) is 24.2 Å². The molecule has 1 aliphatic carbocycles. The van der Waals surface area contributed by atoms with Gasteiger partial charge in [0.05, 0.1) is 0 Å². The van der Waals surface area contributed by atoms with Crippen molar-refractivity contribution in [1.82, 2.24) is 0 Å². The van der Waals surface area contributed by atoms with Crippen LogP contribution in [0.4, 0.5) is 0 Å². The highest BCUT2D eigenvalue weighted by Crippen LogP contribution is 2.34. The van der Waals surface area contributed by atoms with Crippen molar-refractivity contribution in [2.45, 2.75) is 65.7 Å².